The predicted octanol–water partition coefficient (Wildman–Crippen LogP) is 4.58. The van der Waals surface area contributed by atoms with Gasteiger partial charge in [-0.05, 0) is 36.4 Å². The Kier molecular flexibility index (Phi) is 8.29. The molecule has 0 nitrogen and oxygen atoms in total. The van der Waals surface area contributed by atoms with E-state index in [9.17, 15) is 0 Å². The second-order valence-corrected chi connectivity index (χ2v) is 7.92. The van der Waals surface area contributed by atoms with Crippen molar-refractivity contribution in [3.63, 3.8) is 0 Å². The van der Waals surface area contributed by atoms with E-state index >= 15 is 0 Å². The fourth-order valence-corrected chi connectivity index (χ4v) is 5.21. The Morgan fingerprint density at radius 3 is 1.00 bits per heavy atom. The van der Waals surface area contributed by atoms with Crippen LogP contribution >= 0.6 is 7.92 Å². The van der Waals surface area contributed by atoms with Crippen LogP contribution in [0.1, 0.15) is 0 Å². The van der Waals surface area contributed by atoms with Crippen LogP contribution in [0.25, 0.3) is 0 Å². The normalized spacial score (nSPS) is 9.64. The first kappa shape index (κ1) is 19.3. The number of benzene rings is 3. The summed E-state index contributed by atoms with van der Waals surface area (Å²) in [6.07, 6.45) is 0. The molecule has 0 heterocycles. The zero-order valence-corrected chi connectivity index (χ0v) is 16.1. The second-order valence-electron chi connectivity index (χ2n) is 5.44. The van der Waals surface area contributed by atoms with Crippen molar-refractivity contribution in [3.8, 4) is 0 Å². The monoisotopic (exact) mass is 383 g/mol. The van der Waals surface area contributed by atoms with Crippen LogP contribution in [0.3, 0.4) is 0 Å². The molecule has 0 amide bonds. The first-order valence-electron chi connectivity index (χ1n) is 8.15. The van der Waals surface area contributed by atoms with E-state index < -0.39 is 7.92 Å². The Morgan fingerprint density at radius 1 is 0.440 bits per heavy atom. The Hall–Kier alpha value is -2.04. The maximum atomic E-state index is 2.24. The summed E-state index contributed by atoms with van der Waals surface area (Å²) < 4.78 is 0. The molecule has 0 saturated heterocycles. The Balaban J connectivity index is 0.000000325. The third kappa shape index (κ3) is 5.76. The van der Waals surface area contributed by atoms with Crippen molar-refractivity contribution < 1.29 is 17.1 Å². The van der Waals surface area contributed by atoms with Gasteiger partial charge < -0.3 is 0 Å². The van der Waals surface area contributed by atoms with Crippen molar-refractivity contribution in [2.75, 3.05) is 0 Å². The van der Waals surface area contributed by atoms with E-state index in [4.69, 9.17) is 0 Å². The molecule has 0 saturated carbocycles. The van der Waals surface area contributed by atoms with Gasteiger partial charge in [0, 0.05) is 17.1 Å². The van der Waals surface area contributed by atoms with Crippen LogP contribution in [-0.4, -0.2) is 0 Å². The largest absolute Gasteiger partial charge is 0.214 e. The zero-order chi connectivity index (χ0) is 16.5. The average molecular weight is 383 g/mol. The SMILES string of the molecule is [Mn].c1cc[cH-]c1.c1ccc([PH+](c2ccccc2)c2ccccc2)cc1. The molecule has 0 aromatic heterocycles. The minimum atomic E-state index is -0.877. The summed E-state index contributed by atoms with van der Waals surface area (Å²) in [6.45, 7) is 0. The number of rotatable bonds is 3. The van der Waals surface area contributed by atoms with E-state index in [1.807, 2.05) is 30.3 Å². The predicted molar refractivity (Wildman–Crippen MR) is 109 cm³/mol. The number of hydrogen-bond donors (Lipinski definition) is 0. The van der Waals surface area contributed by atoms with Gasteiger partial charge in [0.25, 0.3) is 0 Å². The molecule has 25 heavy (non-hydrogen) atoms. The van der Waals surface area contributed by atoms with Crippen molar-refractivity contribution in [1.82, 2.24) is 0 Å². The van der Waals surface area contributed by atoms with Crippen LogP contribution in [0.15, 0.2) is 121 Å². The fraction of sp³-hybridized carbons (Fsp3) is 0. The van der Waals surface area contributed by atoms with E-state index in [2.05, 4.69) is 91.0 Å². The smallest absolute Gasteiger partial charge is 0.102 e. The Morgan fingerprint density at radius 2 is 0.760 bits per heavy atom. The van der Waals surface area contributed by atoms with Crippen LogP contribution < -0.4 is 15.9 Å². The summed E-state index contributed by atoms with van der Waals surface area (Å²) >= 11 is 0. The molecule has 0 N–H and O–H groups in total. The minimum absolute atomic E-state index is 0. The molecule has 0 unspecified atom stereocenters. The molecule has 2 heteroatoms. The van der Waals surface area contributed by atoms with Gasteiger partial charge in [-0.2, -0.15) is 18.2 Å². The van der Waals surface area contributed by atoms with Gasteiger partial charge in [-0.25, -0.2) is 12.1 Å². The third-order valence-electron chi connectivity index (χ3n) is 3.74. The van der Waals surface area contributed by atoms with E-state index in [1.165, 1.54) is 15.9 Å². The Labute approximate surface area is 162 Å². The van der Waals surface area contributed by atoms with Gasteiger partial charge in [0.2, 0.25) is 0 Å². The number of hydrogen-bond acceptors (Lipinski definition) is 0. The van der Waals surface area contributed by atoms with Crippen LogP contribution in [0.5, 0.6) is 0 Å². The molecule has 0 aliphatic carbocycles. The molecule has 0 bridgehead atoms. The van der Waals surface area contributed by atoms with Crippen LogP contribution in [-0.2, 0) is 17.1 Å². The van der Waals surface area contributed by atoms with E-state index in [0.29, 0.717) is 0 Å². The van der Waals surface area contributed by atoms with Crippen molar-refractivity contribution in [2.45, 2.75) is 0 Å². The molecule has 0 aliphatic rings. The Bertz CT molecular complexity index is 685. The van der Waals surface area contributed by atoms with Crippen molar-refractivity contribution in [1.29, 1.82) is 0 Å². The van der Waals surface area contributed by atoms with Gasteiger partial charge in [0.1, 0.15) is 15.9 Å². The fourth-order valence-electron chi connectivity index (χ4n) is 2.64. The van der Waals surface area contributed by atoms with E-state index in [0.717, 1.165) is 0 Å². The maximum absolute atomic E-state index is 2.24. The first-order chi connectivity index (χ1) is 11.9. The maximum Gasteiger partial charge on any atom is 0.102 e. The summed E-state index contributed by atoms with van der Waals surface area (Å²) in [5.74, 6) is 0. The summed E-state index contributed by atoms with van der Waals surface area (Å²) in [6, 6.07) is 42.5. The molecule has 0 aliphatic heterocycles. The molecule has 1 radical (unpaired) electrons. The quantitative estimate of drug-likeness (QED) is 0.276. The minimum Gasteiger partial charge on any atom is -0.214 e. The standard InChI is InChI=1S/C18H15P.C5H5.Mn/c1-4-10-16(11-5-1)19(17-12-6-2-7-13-17)18-14-8-3-9-15-18;1-2-4-5-3-1;/h1-15H;1-5H;/q;-1;/p+1. The average Bonchev–Trinajstić information content (AvgIpc) is 3.25. The molecular weight excluding hydrogens is 362 g/mol. The molecule has 4 aromatic rings. The van der Waals surface area contributed by atoms with Gasteiger partial charge in [-0.15, -0.1) is 0 Å². The van der Waals surface area contributed by atoms with Gasteiger partial charge in [-0.1, -0.05) is 54.6 Å². The molecule has 0 atom stereocenters. The second kappa shape index (κ2) is 10.7. The molecular formula is C23H21MnP. The molecule has 125 valence electrons. The molecule has 0 fully saturated rings. The zero-order valence-electron chi connectivity index (χ0n) is 13.9. The van der Waals surface area contributed by atoms with Crippen LogP contribution in [0, 0.1) is 0 Å². The van der Waals surface area contributed by atoms with E-state index in [-0.39, 0.29) is 17.1 Å². The van der Waals surface area contributed by atoms with Gasteiger partial charge in [-0.3, -0.25) is 0 Å². The van der Waals surface area contributed by atoms with Gasteiger partial charge >= 0.3 is 0 Å². The topological polar surface area (TPSA) is 0 Å². The van der Waals surface area contributed by atoms with Gasteiger partial charge in [0.15, 0.2) is 0 Å². The van der Waals surface area contributed by atoms with Crippen molar-refractivity contribution in [3.05, 3.63) is 121 Å². The molecule has 4 rings (SSSR count). The summed E-state index contributed by atoms with van der Waals surface area (Å²) in [5.41, 5.74) is 0. The van der Waals surface area contributed by atoms with Crippen molar-refractivity contribution in [2.24, 2.45) is 0 Å². The summed E-state index contributed by atoms with van der Waals surface area (Å²) in [4.78, 5) is 0. The van der Waals surface area contributed by atoms with Crippen molar-refractivity contribution >= 4 is 23.8 Å². The third-order valence-corrected chi connectivity index (χ3v) is 6.47. The van der Waals surface area contributed by atoms with Gasteiger partial charge in [0.05, 0.1) is 7.92 Å². The van der Waals surface area contributed by atoms with Crippen LogP contribution in [0.4, 0.5) is 0 Å². The summed E-state index contributed by atoms with van der Waals surface area (Å²) in [7, 11) is -0.877. The summed E-state index contributed by atoms with van der Waals surface area (Å²) in [5, 5.41) is 4.31. The molecule has 0 spiro atoms. The first-order valence-corrected chi connectivity index (χ1v) is 9.65. The molecule has 4 aromatic carbocycles. The van der Waals surface area contributed by atoms with Crippen LogP contribution in [0.2, 0.25) is 0 Å². The van der Waals surface area contributed by atoms with E-state index in [1.54, 1.807) is 0 Å².